The summed E-state index contributed by atoms with van der Waals surface area (Å²) < 4.78 is 7.40. The van der Waals surface area contributed by atoms with Crippen LogP contribution in [0.5, 0.6) is 0 Å². The molecule has 0 atom stereocenters. The Morgan fingerprint density at radius 2 is 2.22 bits per heavy atom. The number of tetrazole rings is 1. The van der Waals surface area contributed by atoms with Gasteiger partial charge in [0.05, 0.1) is 25.1 Å². The van der Waals surface area contributed by atoms with Crippen molar-refractivity contribution in [3.63, 3.8) is 0 Å². The van der Waals surface area contributed by atoms with Gasteiger partial charge >= 0.3 is 0 Å². The number of ether oxygens (including phenoxy) is 1. The minimum Gasteiger partial charge on any atom is -0.376 e. The Morgan fingerprint density at radius 1 is 1.33 bits per heavy atom. The molecule has 1 fully saturated rings. The molecule has 0 unspecified atom stereocenters. The summed E-state index contributed by atoms with van der Waals surface area (Å²) in [6.45, 7) is 1.43. The number of hydrogen-bond donors (Lipinski definition) is 1. The number of anilines is 1. The summed E-state index contributed by atoms with van der Waals surface area (Å²) in [5.74, 6) is 0.785. The van der Waals surface area contributed by atoms with Crippen molar-refractivity contribution >= 4 is 11.5 Å². The fourth-order valence-corrected chi connectivity index (χ4v) is 2.26. The van der Waals surface area contributed by atoms with Crippen LogP contribution in [0.4, 0.5) is 5.82 Å². The molecule has 0 aliphatic heterocycles. The fraction of sp³-hybridized carbons (Fsp3) is 0.636. The summed E-state index contributed by atoms with van der Waals surface area (Å²) >= 11 is 0. The highest BCUT2D eigenvalue weighted by atomic mass is 16.5. The highest BCUT2D eigenvalue weighted by molar-refractivity contribution is 5.43. The molecule has 0 spiro atoms. The van der Waals surface area contributed by atoms with Crippen molar-refractivity contribution in [1.82, 2.24) is 25.0 Å². The van der Waals surface area contributed by atoms with Gasteiger partial charge in [-0.15, -0.1) is 5.10 Å². The van der Waals surface area contributed by atoms with E-state index in [2.05, 4.69) is 25.8 Å². The van der Waals surface area contributed by atoms with Crippen LogP contribution in [0.3, 0.4) is 0 Å². The Balaban J connectivity index is 1.51. The predicted molar refractivity (Wildman–Crippen MR) is 65.3 cm³/mol. The first-order valence-corrected chi connectivity index (χ1v) is 6.31. The van der Waals surface area contributed by atoms with Crippen molar-refractivity contribution in [1.29, 1.82) is 0 Å². The Kier molecular flexibility index (Phi) is 3.31. The molecular formula is C11H16N6O. The van der Waals surface area contributed by atoms with Crippen LogP contribution >= 0.6 is 0 Å². The van der Waals surface area contributed by atoms with Crippen molar-refractivity contribution in [2.24, 2.45) is 0 Å². The van der Waals surface area contributed by atoms with E-state index in [0.29, 0.717) is 18.4 Å². The van der Waals surface area contributed by atoms with E-state index in [1.807, 2.05) is 0 Å². The second-order valence-electron chi connectivity index (χ2n) is 4.45. The van der Waals surface area contributed by atoms with E-state index in [-0.39, 0.29) is 0 Å². The van der Waals surface area contributed by atoms with Gasteiger partial charge in [-0.05, 0) is 23.3 Å². The number of rotatable bonds is 5. The van der Waals surface area contributed by atoms with Crippen molar-refractivity contribution in [3.8, 4) is 0 Å². The molecule has 1 aliphatic carbocycles. The van der Waals surface area contributed by atoms with Crippen LogP contribution in [0.2, 0.25) is 0 Å². The molecule has 0 amide bonds. The number of aromatic nitrogens is 5. The third-order valence-corrected chi connectivity index (χ3v) is 3.17. The van der Waals surface area contributed by atoms with Crippen LogP contribution in [0, 0.1) is 0 Å². The summed E-state index contributed by atoms with van der Waals surface area (Å²) in [5.41, 5.74) is 0.636. The molecule has 18 heavy (non-hydrogen) atoms. The molecule has 2 aromatic heterocycles. The molecule has 1 saturated carbocycles. The van der Waals surface area contributed by atoms with Crippen molar-refractivity contribution in [2.75, 3.05) is 18.5 Å². The third-order valence-electron chi connectivity index (χ3n) is 3.17. The van der Waals surface area contributed by atoms with Crippen LogP contribution in [-0.4, -0.2) is 44.3 Å². The lowest BCUT2D eigenvalue weighted by Gasteiger charge is -2.12. The van der Waals surface area contributed by atoms with Crippen LogP contribution in [0.1, 0.15) is 25.7 Å². The first-order valence-electron chi connectivity index (χ1n) is 6.31. The summed E-state index contributed by atoms with van der Waals surface area (Å²) in [6, 6.07) is 0. The Labute approximate surface area is 105 Å². The molecule has 0 saturated heterocycles. The molecule has 7 heteroatoms. The molecule has 0 bridgehead atoms. The lowest BCUT2D eigenvalue weighted by molar-refractivity contribution is 0.0658. The number of nitrogens with zero attached hydrogens (tertiary/aromatic N) is 5. The molecule has 96 valence electrons. The molecule has 0 radical (unpaired) electrons. The summed E-state index contributed by atoms with van der Waals surface area (Å²) in [5, 5.41) is 14.6. The van der Waals surface area contributed by atoms with Crippen molar-refractivity contribution in [2.45, 2.75) is 31.8 Å². The fourth-order valence-electron chi connectivity index (χ4n) is 2.26. The highest BCUT2D eigenvalue weighted by Crippen LogP contribution is 2.20. The minimum absolute atomic E-state index is 0.453. The van der Waals surface area contributed by atoms with Crippen LogP contribution in [0.25, 0.3) is 5.65 Å². The Bertz CT molecular complexity index is 507. The number of nitrogens with one attached hydrogen (secondary N) is 1. The van der Waals surface area contributed by atoms with Gasteiger partial charge in [0.15, 0.2) is 5.65 Å². The monoisotopic (exact) mass is 248 g/mol. The standard InChI is InChI=1S/C11H16N6O/c1-2-4-9(3-1)18-6-5-13-10-7-12-8-11-14-15-16-17(10)11/h7-9,13H,1-6H2. The van der Waals surface area contributed by atoms with E-state index in [0.717, 1.165) is 12.4 Å². The second kappa shape index (κ2) is 5.26. The zero-order valence-electron chi connectivity index (χ0n) is 10.1. The van der Waals surface area contributed by atoms with Gasteiger partial charge in [-0.3, -0.25) is 4.98 Å². The SMILES string of the molecule is c1ncc2nnnn2c1NCCOC1CCCC1. The van der Waals surface area contributed by atoms with Gasteiger partial charge < -0.3 is 10.1 Å². The molecule has 1 aliphatic rings. The smallest absolute Gasteiger partial charge is 0.199 e. The van der Waals surface area contributed by atoms with Crippen LogP contribution in [-0.2, 0) is 4.74 Å². The lowest BCUT2D eigenvalue weighted by atomic mass is 10.3. The molecule has 3 rings (SSSR count). The zero-order chi connectivity index (χ0) is 12.2. The van der Waals surface area contributed by atoms with Gasteiger partial charge in [-0.25, -0.2) is 0 Å². The van der Waals surface area contributed by atoms with E-state index in [4.69, 9.17) is 4.74 Å². The van der Waals surface area contributed by atoms with E-state index >= 15 is 0 Å². The lowest BCUT2D eigenvalue weighted by Crippen LogP contribution is -2.16. The number of fused-ring (bicyclic) bond motifs is 1. The van der Waals surface area contributed by atoms with Crippen LogP contribution < -0.4 is 5.32 Å². The topological polar surface area (TPSA) is 77.2 Å². The van der Waals surface area contributed by atoms with E-state index < -0.39 is 0 Å². The molecule has 2 aromatic rings. The molecule has 0 aromatic carbocycles. The van der Waals surface area contributed by atoms with Gasteiger partial charge in [0.25, 0.3) is 0 Å². The maximum atomic E-state index is 5.77. The quantitative estimate of drug-likeness (QED) is 0.792. The largest absolute Gasteiger partial charge is 0.376 e. The average molecular weight is 248 g/mol. The van der Waals surface area contributed by atoms with Crippen LogP contribution in [0.15, 0.2) is 12.4 Å². The first kappa shape index (κ1) is 11.3. The first-order chi connectivity index (χ1) is 8.93. The van der Waals surface area contributed by atoms with Gasteiger partial charge in [-0.2, -0.15) is 4.52 Å². The Hall–Kier alpha value is -1.76. The minimum atomic E-state index is 0.453. The van der Waals surface area contributed by atoms with Crippen molar-refractivity contribution < 1.29 is 4.74 Å². The summed E-state index contributed by atoms with van der Waals surface area (Å²) in [4.78, 5) is 4.07. The van der Waals surface area contributed by atoms with E-state index in [1.165, 1.54) is 25.7 Å². The summed E-state index contributed by atoms with van der Waals surface area (Å²) in [7, 11) is 0. The molecule has 1 N–H and O–H groups in total. The van der Waals surface area contributed by atoms with Gasteiger partial charge in [0, 0.05) is 6.54 Å². The Morgan fingerprint density at radius 3 is 3.11 bits per heavy atom. The maximum Gasteiger partial charge on any atom is 0.199 e. The zero-order valence-corrected chi connectivity index (χ0v) is 10.1. The molecule has 7 nitrogen and oxygen atoms in total. The van der Waals surface area contributed by atoms with E-state index in [9.17, 15) is 0 Å². The maximum absolute atomic E-state index is 5.77. The number of hydrogen-bond acceptors (Lipinski definition) is 6. The highest BCUT2D eigenvalue weighted by Gasteiger charge is 2.14. The van der Waals surface area contributed by atoms with Gasteiger partial charge in [-0.1, -0.05) is 12.8 Å². The van der Waals surface area contributed by atoms with Gasteiger partial charge in [0.1, 0.15) is 5.82 Å². The average Bonchev–Trinajstić information content (AvgIpc) is 3.05. The second-order valence-corrected chi connectivity index (χ2v) is 4.45. The van der Waals surface area contributed by atoms with Crippen molar-refractivity contribution in [3.05, 3.63) is 12.4 Å². The molecular weight excluding hydrogens is 232 g/mol. The normalized spacial score (nSPS) is 16.4. The third kappa shape index (κ3) is 2.40. The van der Waals surface area contributed by atoms with Gasteiger partial charge in [0.2, 0.25) is 0 Å². The van der Waals surface area contributed by atoms with E-state index in [1.54, 1.807) is 16.9 Å². The predicted octanol–water partition coefficient (Wildman–Crippen LogP) is 0.890. The summed E-state index contributed by atoms with van der Waals surface area (Å²) in [6.07, 6.45) is 8.78. The molecule has 2 heterocycles.